The van der Waals surface area contributed by atoms with E-state index in [-0.39, 0.29) is 23.9 Å². The summed E-state index contributed by atoms with van der Waals surface area (Å²) in [4.78, 5) is 36.1. The quantitative estimate of drug-likeness (QED) is 0.480. The monoisotopic (exact) mass is 259 g/mol. The van der Waals surface area contributed by atoms with Crippen molar-refractivity contribution in [3.8, 4) is 0 Å². The molecule has 1 aliphatic heterocycles. The number of nitrogens with zero attached hydrogens (tertiary/aromatic N) is 1. The van der Waals surface area contributed by atoms with Crippen LogP contribution in [0.4, 0.5) is 5.69 Å². The Hall–Kier alpha value is -2.70. The van der Waals surface area contributed by atoms with Crippen LogP contribution in [-0.4, -0.2) is 21.7 Å². The summed E-state index contributed by atoms with van der Waals surface area (Å²) in [6, 6.07) is 4.39. The van der Waals surface area contributed by atoms with Crippen LogP contribution in [0.1, 0.15) is 17.9 Å². The second kappa shape index (κ2) is 3.91. The highest BCUT2D eigenvalue weighted by Gasteiger charge is 2.33. The van der Waals surface area contributed by atoms with Crippen molar-refractivity contribution in [2.75, 3.05) is 0 Å². The molecule has 1 atom stereocenters. The van der Waals surface area contributed by atoms with Crippen molar-refractivity contribution in [1.82, 2.24) is 10.3 Å². The van der Waals surface area contributed by atoms with Gasteiger partial charge in [0.15, 0.2) is 0 Å². The number of hydrogen-bond acceptors (Lipinski definition) is 4. The minimum absolute atomic E-state index is 0.0434. The molecular weight excluding hydrogens is 250 g/mol. The maximum absolute atomic E-state index is 11.7. The molecule has 1 aliphatic rings. The predicted octanol–water partition coefficient (Wildman–Crippen LogP) is 1.21. The Morgan fingerprint density at radius 3 is 2.74 bits per heavy atom. The van der Waals surface area contributed by atoms with Gasteiger partial charge < -0.3 is 4.98 Å². The second-order valence-electron chi connectivity index (χ2n) is 4.40. The topological polar surface area (TPSA) is 105 Å². The van der Waals surface area contributed by atoms with E-state index in [0.717, 1.165) is 0 Å². The Morgan fingerprint density at radius 1 is 1.32 bits per heavy atom. The Labute approximate surface area is 106 Å². The molecule has 1 aromatic carbocycles. The van der Waals surface area contributed by atoms with Crippen molar-refractivity contribution < 1.29 is 14.5 Å². The molecule has 19 heavy (non-hydrogen) atoms. The molecule has 2 N–H and O–H groups in total. The third kappa shape index (κ3) is 1.75. The molecule has 7 heteroatoms. The zero-order chi connectivity index (χ0) is 13.6. The van der Waals surface area contributed by atoms with Crippen molar-refractivity contribution in [3.63, 3.8) is 0 Å². The summed E-state index contributed by atoms with van der Waals surface area (Å²) in [5, 5.41) is 13.6. The van der Waals surface area contributed by atoms with E-state index in [9.17, 15) is 19.7 Å². The Bertz CT molecular complexity index is 719. The molecule has 2 amide bonds. The van der Waals surface area contributed by atoms with E-state index in [4.69, 9.17) is 0 Å². The molecule has 0 unspecified atom stereocenters. The minimum Gasteiger partial charge on any atom is -0.361 e. The zero-order valence-corrected chi connectivity index (χ0v) is 9.67. The van der Waals surface area contributed by atoms with Crippen LogP contribution in [0, 0.1) is 10.1 Å². The van der Waals surface area contributed by atoms with Gasteiger partial charge >= 0.3 is 0 Å². The van der Waals surface area contributed by atoms with Gasteiger partial charge in [0.2, 0.25) is 11.8 Å². The summed E-state index contributed by atoms with van der Waals surface area (Å²) >= 11 is 0. The van der Waals surface area contributed by atoms with Crippen LogP contribution in [0.25, 0.3) is 10.9 Å². The first-order valence-corrected chi connectivity index (χ1v) is 5.65. The van der Waals surface area contributed by atoms with Crippen LogP contribution in [0.2, 0.25) is 0 Å². The van der Waals surface area contributed by atoms with Crippen LogP contribution in [-0.2, 0) is 9.59 Å². The lowest BCUT2D eigenvalue weighted by molar-refractivity contribution is -0.384. The van der Waals surface area contributed by atoms with Crippen molar-refractivity contribution in [2.45, 2.75) is 12.3 Å². The lowest BCUT2D eigenvalue weighted by atomic mass is 9.97. The molecule has 3 rings (SSSR count). The number of carbonyl (C=O) groups is 2. The molecule has 0 bridgehead atoms. The number of non-ortho nitro benzene ring substituents is 1. The fourth-order valence-electron chi connectivity index (χ4n) is 2.34. The van der Waals surface area contributed by atoms with E-state index in [1.165, 1.54) is 12.1 Å². The first-order valence-electron chi connectivity index (χ1n) is 5.65. The van der Waals surface area contributed by atoms with Crippen molar-refractivity contribution >= 4 is 28.4 Å². The molecule has 0 spiro atoms. The smallest absolute Gasteiger partial charge is 0.270 e. The maximum Gasteiger partial charge on any atom is 0.270 e. The Kier molecular flexibility index (Phi) is 2.34. The largest absolute Gasteiger partial charge is 0.361 e. The predicted molar refractivity (Wildman–Crippen MR) is 65.5 cm³/mol. The number of benzene rings is 1. The van der Waals surface area contributed by atoms with E-state index in [1.54, 1.807) is 12.3 Å². The van der Waals surface area contributed by atoms with Crippen LogP contribution in [0.15, 0.2) is 24.4 Å². The molecule has 0 saturated carbocycles. The second-order valence-corrected chi connectivity index (χ2v) is 4.40. The number of aromatic amines is 1. The third-order valence-corrected chi connectivity index (χ3v) is 3.25. The standard InChI is InChI=1S/C12H9N3O4/c16-11-4-8(12(17)14-11)9-5-13-10-2-1-6(15(18)19)3-7(9)10/h1-3,5,8,13H,4H2,(H,14,16,17)/t8-/m1/s1. The van der Waals surface area contributed by atoms with Crippen molar-refractivity contribution in [3.05, 3.63) is 40.1 Å². The van der Waals surface area contributed by atoms with Gasteiger partial charge in [0.25, 0.3) is 5.69 Å². The number of nitro benzene ring substituents is 1. The van der Waals surface area contributed by atoms with Crippen LogP contribution in [0.3, 0.4) is 0 Å². The van der Waals surface area contributed by atoms with E-state index in [0.29, 0.717) is 16.5 Å². The van der Waals surface area contributed by atoms with Gasteiger partial charge in [-0.05, 0) is 11.6 Å². The van der Waals surface area contributed by atoms with E-state index >= 15 is 0 Å². The number of carbonyl (C=O) groups excluding carboxylic acids is 2. The van der Waals surface area contributed by atoms with Crippen molar-refractivity contribution in [1.29, 1.82) is 0 Å². The molecule has 0 radical (unpaired) electrons. The Morgan fingerprint density at radius 2 is 2.11 bits per heavy atom. The number of hydrogen-bond donors (Lipinski definition) is 2. The van der Waals surface area contributed by atoms with Gasteiger partial charge in [-0.2, -0.15) is 0 Å². The molecule has 1 saturated heterocycles. The molecule has 2 heterocycles. The van der Waals surface area contributed by atoms with Crippen LogP contribution < -0.4 is 5.32 Å². The fourth-order valence-corrected chi connectivity index (χ4v) is 2.34. The number of H-pyrrole nitrogens is 1. The first-order chi connectivity index (χ1) is 9.06. The molecule has 96 valence electrons. The molecule has 1 aromatic heterocycles. The fraction of sp³-hybridized carbons (Fsp3) is 0.167. The van der Waals surface area contributed by atoms with E-state index in [1.807, 2.05) is 0 Å². The molecule has 7 nitrogen and oxygen atoms in total. The van der Waals surface area contributed by atoms with E-state index < -0.39 is 10.8 Å². The SMILES string of the molecule is O=C1C[C@H](c2c[nH]c3ccc([N+](=O)[O-])cc23)C(=O)N1. The average molecular weight is 259 g/mol. The van der Waals surface area contributed by atoms with Gasteiger partial charge in [0.1, 0.15) is 0 Å². The summed E-state index contributed by atoms with van der Waals surface area (Å²) < 4.78 is 0. The minimum atomic E-state index is -0.580. The van der Waals surface area contributed by atoms with Crippen molar-refractivity contribution in [2.24, 2.45) is 0 Å². The maximum atomic E-state index is 11.7. The lowest BCUT2D eigenvalue weighted by Crippen LogP contribution is -2.21. The van der Waals surface area contributed by atoms with Gasteiger partial charge in [0, 0.05) is 35.7 Å². The average Bonchev–Trinajstić information content (AvgIpc) is 2.91. The number of amides is 2. The highest BCUT2D eigenvalue weighted by molar-refractivity contribution is 6.08. The molecule has 0 aliphatic carbocycles. The number of fused-ring (bicyclic) bond motifs is 1. The zero-order valence-electron chi connectivity index (χ0n) is 9.67. The highest BCUT2D eigenvalue weighted by Crippen LogP contribution is 2.32. The summed E-state index contributed by atoms with van der Waals surface area (Å²) in [6.45, 7) is 0. The highest BCUT2D eigenvalue weighted by atomic mass is 16.6. The number of nitrogens with one attached hydrogen (secondary N) is 2. The lowest BCUT2D eigenvalue weighted by Gasteiger charge is -2.03. The molecular formula is C12H9N3O4. The van der Waals surface area contributed by atoms with Crippen LogP contribution >= 0.6 is 0 Å². The van der Waals surface area contributed by atoms with Crippen LogP contribution in [0.5, 0.6) is 0 Å². The number of aromatic nitrogens is 1. The number of imide groups is 1. The van der Waals surface area contributed by atoms with Gasteiger partial charge in [-0.15, -0.1) is 0 Å². The van der Waals surface area contributed by atoms with Gasteiger partial charge in [0.05, 0.1) is 10.8 Å². The summed E-state index contributed by atoms with van der Waals surface area (Å²) in [5.41, 5.74) is 1.27. The van der Waals surface area contributed by atoms with E-state index in [2.05, 4.69) is 10.3 Å². The third-order valence-electron chi connectivity index (χ3n) is 3.25. The summed E-state index contributed by atoms with van der Waals surface area (Å²) in [6.07, 6.45) is 1.70. The normalized spacial score (nSPS) is 18.8. The van der Waals surface area contributed by atoms with Gasteiger partial charge in [-0.25, -0.2) is 0 Å². The van der Waals surface area contributed by atoms with Gasteiger partial charge in [-0.1, -0.05) is 0 Å². The Balaban J connectivity index is 2.13. The summed E-state index contributed by atoms with van der Waals surface area (Å²) in [7, 11) is 0. The first kappa shape index (κ1) is 11.4. The molecule has 1 fully saturated rings. The summed E-state index contributed by atoms with van der Waals surface area (Å²) in [5.74, 6) is -1.27. The number of rotatable bonds is 2. The van der Waals surface area contributed by atoms with Gasteiger partial charge in [-0.3, -0.25) is 25.0 Å². The molecule has 2 aromatic rings. The number of nitro groups is 1.